The molecule has 0 unspecified atom stereocenters. The second-order valence-corrected chi connectivity index (χ2v) is 7.11. The molecule has 0 radical (unpaired) electrons. The Bertz CT molecular complexity index is 1030. The first-order chi connectivity index (χ1) is 14.4. The van der Waals surface area contributed by atoms with Gasteiger partial charge in [0.2, 0.25) is 5.91 Å². The molecule has 0 aliphatic carbocycles. The van der Waals surface area contributed by atoms with Gasteiger partial charge in [0.05, 0.1) is 10.7 Å². The molecule has 0 bridgehead atoms. The number of ether oxygens (including phenoxy) is 1. The van der Waals surface area contributed by atoms with Crippen molar-refractivity contribution >= 4 is 58.6 Å². The summed E-state index contributed by atoms with van der Waals surface area (Å²) in [6.45, 7) is 1.57. The summed E-state index contributed by atoms with van der Waals surface area (Å²) < 4.78 is 5.29. The molecule has 1 heterocycles. The number of carbonyl (C=O) groups is 3. The molecule has 2 N–H and O–H groups in total. The van der Waals surface area contributed by atoms with E-state index in [0.29, 0.717) is 16.5 Å². The maximum absolute atomic E-state index is 12.8. The van der Waals surface area contributed by atoms with Gasteiger partial charge >= 0.3 is 0 Å². The fourth-order valence-electron chi connectivity index (χ4n) is 2.58. The van der Waals surface area contributed by atoms with Gasteiger partial charge in [0.1, 0.15) is 5.75 Å². The number of anilines is 1. The van der Waals surface area contributed by atoms with Crippen LogP contribution in [0.3, 0.4) is 0 Å². The maximum Gasteiger partial charge on any atom is 0.277 e. The van der Waals surface area contributed by atoms with E-state index in [4.69, 9.17) is 28.6 Å². The minimum absolute atomic E-state index is 0.0179. The zero-order chi connectivity index (χ0) is 21.7. The molecular weight excluding hydrogens is 428 g/mol. The average Bonchev–Trinajstić information content (AvgIpc) is 2.71. The second kappa shape index (κ2) is 9.47. The van der Waals surface area contributed by atoms with Crippen molar-refractivity contribution in [1.29, 1.82) is 0 Å². The quantitative estimate of drug-likeness (QED) is 0.308. The fourth-order valence-corrected chi connectivity index (χ4v) is 3.07. The van der Waals surface area contributed by atoms with Crippen LogP contribution < -0.4 is 20.4 Å². The average molecular weight is 445 g/mol. The van der Waals surface area contributed by atoms with Gasteiger partial charge in [0.15, 0.2) is 17.6 Å². The number of nitrogens with zero attached hydrogens (tertiary/aromatic N) is 2. The maximum atomic E-state index is 12.8. The van der Waals surface area contributed by atoms with Crippen molar-refractivity contribution in [2.24, 2.45) is 11.0 Å². The van der Waals surface area contributed by atoms with E-state index in [1.807, 2.05) is 19.1 Å². The summed E-state index contributed by atoms with van der Waals surface area (Å²) in [6, 6.07) is 13.8. The number of benzene rings is 2. The zero-order valence-corrected chi connectivity index (χ0v) is 17.4. The Kier molecular flexibility index (Phi) is 6.76. The molecule has 0 saturated carbocycles. The molecule has 1 aliphatic rings. The number of amides is 3. The Morgan fingerprint density at radius 1 is 1.27 bits per heavy atom. The number of hydrazone groups is 1. The third kappa shape index (κ3) is 5.00. The minimum atomic E-state index is -1.25. The lowest BCUT2D eigenvalue weighted by Crippen LogP contribution is -2.58. The number of nitrogens with one attached hydrogen (secondary N) is 2. The van der Waals surface area contributed by atoms with E-state index < -0.39 is 23.6 Å². The number of halogens is 1. The Morgan fingerprint density at radius 3 is 2.67 bits per heavy atom. The Hall–Kier alpha value is -3.30. The van der Waals surface area contributed by atoms with E-state index >= 15 is 0 Å². The molecule has 3 amide bonds. The van der Waals surface area contributed by atoms with Gasteiger partial charge in [0, 0.05) is 6.21 Å². The summed E-state index contributed by atoms with van der Waals surface area (Å²) in [7, 11) is 0. The van der Waals surface area contributed by atoms with Gasteiger partial charge in [-0.2, -0.15) is 5.10 Å². The summed E-state index contributed by atoms with van der Waals surface area (Å²) in [5.74, 6) is -2.68. The molecule has 2 aromatic rings. The zero-order valence-electron chi connectivity index (χ0n) is 15.8. The standard InChI is InChI=1S/C20H17ClN4O4S/c1-12-6-8-13(9-7-12)25-19(28)14(18(27)23-20(25)30)10-22-24-17(26)11-29-16-5-3-2-4-15(16)21/h2-10,14H,11H2,1H3,(H,24,26)(H,23,27,30)/b22-10-/t14-/m0/s1. The van der Waals surface area contributed by atoms with Crippen molar-refractivity contribution < 1.29 is 19.1 Å². The lowest BCUT2D eigenvalue weighted by Gasteiger charge is -2.30. The number of thiocarbonyl (C=S) groups is 1. The van der Waals surface area contributed by atoms with Crippen LogP contribution in [-0.4, -0.2) is 35.7 Å². The minimum Gasteiger partial charge on any atom is -0.482 e. The van der Waals surface area contributed by atoms with Crippen molar-refractivity contribution in [2.45, 2.75) is 6.92 Å². The van der Waals surface area contributed by atoms with Crippen LogP contribution in [0.25, 0.3) is 0 Å². The van der Waals surface area contributed by atoms with Gasteiger partial charge in [-0.1, -0.05) is 41.4 Å². The first-order valence-electron chi connectivity index (χ1n) is 8.81. The SMILES string of the molecule is Cc1ccc(N2C(=O)[C@@H](/C=N\NC(=O)COc3ccccc3Cl)C(=O)NC2=S)cc1. The first kappa shape index (κ1) is 21.4. The van der Waals surface area contributed by atoms with Crippen LogP contribution in [0, 0.1) is 12.8 Å². The highest BCUT2D eigenvalue weighted by atomic mass is 35.5. The molecule has 8 nitrogen and oxygen atoms in total. The first-order valence-corrected chi connectivity index (χ1v) is 9.60. The molecular formula is C20H17ClN4O4S. The van der Waals surface area contributed by atoms with Crippen molar-refractivity contribution in [3.05, 3.63) is 59.1 Å². The van der Waals surface area contributed by atoms with E-state index in [0.717, 1.165) is 11.8 Å². The summed E-state index contributed by atoms with van der Waals surface area (Å²) in [4.78, 5) is 38.1. The van der Waals surface area contributed by atoms with Crippen LogP contribution in [0.5, 0.6) is 5.75 Å². The molecule has 154 valence electrons. The fraction of sp³-hybridized carbons (Fsp3) is 0.150. The molecule has 2 aromatic carbocycles. The van der Waals surface area contributed by atoms with Crippen LogP contribution in [0.1, 0.15) is 5.56 Å². The lowest BCUT2D eigenvalue weighted by atomic mass is 10.1. The second-order valence-electron chi connectivity index (χ2n) is 6.31. The molecule has 1 fully saturated rings. The number of hydrogen-bond donors (Lipinski definition) is 2. The Morgan fingerprint density at radius 2 is 1.97 bits per heavy atom. The normalized spacial score (nSPS) is 16.5. The predicted octanol–water partition coefficient (Wildman–Crippen LogP) is 2.19. The summed E-state index contributed by atoms with van der Waals surface area (Å²) in [5, 5.41) is 6.53. The van der Waals surface area contributed by atoms with Crippen molar-refractivity contribution in [3.63, 3.8) is 0 Å². The van der Waals surface area contributed by atoms with Crippen LogP contribution in [-0.2, 0) is 14.4 Å². The van der Waals surface area contributed by atoms with Crippen LogP contribution in [0.2, 0.25) is 5.02 Å². The lowest BCUT2D eigenvalue weighted by molar-refractivity contribution is -0.130. The van der Waals surface area contributed by atoms with Crippen molar-refractivity contribution in [2.75, 3.05) is 11.5 Å². The monoisotopic (exact) mass is 444 g/mol. The van der Waals surface area contributed by atoms with Crippen molar-refractivity contribution in [3.8, 4) is 5.75 Å². The van der Waals surface area contributed by atoms with Gasteiger partial charge in [0.25, 0.3) is 11.8 Å². The number of hydrogen-bond acceptors (Lipinski definition) is 6. The third-order valence-corrected chi connectivity index (χ3v) is 4.70. The van der Waals surface area contributed by atoms with Gasteiger partial charge < -0.3 is 10.1 Å². The molecule has 3 rings (SSSR count). The number of carbonyl (C=O) groups excluding carboxylic acids is 3. The van der Waals surface area contributed by atoms with E-state index in [1.54, 1.807) is 36.4 Å². The highest BCUT2D eigenvalue weighted by Gasteiger charge is 2.38. The van der Waals surface area contributed by atoms with E-state index in [-0.39, 0.29) is 11.7 Å². The van der Waals surface area contributed by atoms with E-state index in [2.05, 4.69) is 15.8 Å². The molecule has 1 aliphatic heterocycles. The largest absolute Gasteiger partial charge is 0.482 e. The Labute approximate surface area is 182 Å². The van der Waals surface area contributed by atoms with E-state index in [9.17, 15) is 14.4 Å². The summed E-state index contributed by atoms with van der Waals surface area (Å²) in [5.41, 5.74) is 3.74. The number of rotatable bonds is 6. The molecule has 0 spiro atoms. The predicted molar refractivity (Wildman–Crippen MR) is 116 cm³/mol. The summed E-state index contributed by atoms with van der Waals surface area (Å²) in [6.07, 6.45) is 1.05. The topological polar surface area (TPSA) is 100 Å². The van der Waals surface area contributed by atoms with Crippen molar-refractivity contribution in [1.82, 2.24) is 10.7 Å². The van der Waals surface area contributed by atoms with Crippen LogP contribution in [0.4, 0.5) is 5.69 Å². The van der Waals surface area contributed by atoms with Crippen LogP contribution >= 0.6 is 23.8 Å². The van der Waals surface area contributed by atoms with Crippen LogP contribution in [0.15, 0.2) is 53.6 Å². The van der Waals surface area contributed by atoms with Gasteiger partial charge in [-0.05, 0) is 43.4 Å². The van der Waals surface area contributed by atoms with Gasteiger partial charge in [-0.15, -0.1) is 0 Å². The van der Waals surface area contributed by atoms with E-state index in [1.165, 1.54) is 4.90 Å². The number of para-hydroxylation sites is 1. The highest BCUT2D eigenvalue weighted by molar-refractivity contribution is 7.80. The smallest absolute Gasteiger partial charge is 0.277 e. The molecule has 30 heavy (non-hydrogen) atoms. The summed E-state index contributed by atoms with van der Waals surface area (Å²) >= 11 is 11.1. The molecule has 10 heteroatoms. The highest BCUT2D eigenvalue weighted by Crippen LogP contribution is 2.23. The van der Waals surface area contributed by atoms with Gasteiger partial charge in [-0.3, -0.25) is 19.3 Å². The Balaban J connectivity index is 1.62. The molecule has 1 atom stereocenters. The van der Waals surface area contributed by atoms with Gasteiger partial charge in [-0.25, -0.2) is 5.43 Å². The number of aryl methyl sites for hydroxylation is 1. The third-order valence-electron chi connectivity index (χ3n) is 4.10. The molecule has 1 saturated heterocycles. The molecule has 0 aromatic heterocycles.